The topological polar surface area (TPSA) is 108 Å². The second kappa shape index (κ2) is 10.0. The van der Waals surface area contributed by atoms with Crippen molar-refractivity contribution in [2.45, 2.75) is 101 Å². The van der Waals surface area contributed by atoms with Crippen LogP contribution in [0.2, 0.25) is 0 Å². The summed E-state index contributed by atoms with van der Waals surface area (Å²) in [4.78, 5) is 32.3. The van der Waals surface area contributed by atoms with Gasteiger partial charge in [-0.25, -0.2) is 9.78 Å². The largest absolute Gasteiger partial charge is 0.480 e. The summed E-state index contributed by atoms with van der Waals surface area (Å²) >= 11 is 0. The van der Waals surface area contributed by atoms with Gasteiger partial charge in [0.1, 0.15) is 6.04 Å². The maximum absolute atomic E-state index is 13.6. The number of benzene rings is 1. The minimum atomic E-state index is -1.27. The molecule has 3 aliphatic rings. The van der Waals surface area contributed by atoms with Gasteiger partial charge in [-0.05, 0) is 50.7 Å². The molecular formula is C26H36N4O4. The van der Waals surface area contributed by atoms with Crippen LogP contribution < -0.4 is 10.9 Å². The molecule has 0 spiro atoms. The third-order valence-corrected chi connectivity index (χ3v) is 8.21. The Balaban J connectivity index is 1.46. The van der Waals surface area contributed by atoms with Gasteiger partial charge >= 0.3 is 5.97 Å². The molecule has 1 aliphatic carbocycles. The highest BCUT2D eigenvalue weighted by atomic mass is 16.4. The Hall–Kier alpha value is -2.45. The first-order valence-electron chi connectivity index (χ1n) is 13.0. The van der Waals surface area contributed by atoms with E-state index in [1.54, 1.807) is 0 Å². The van der Waals surface area contributed by atoms with Crippen molar-refractivity contribution in [1.29, 1.82) is 0 Å². The lowest BCUT2D eigenvalue weighted by Crippen LogP contribution is -2.50. The Morgan fingerprint density at radius 2 is 1.62 bits per heavy atom. The summed E-state index contributed by atoms with van der Waals surface area (Å²) in [7, 11) is 0. The van der Waals surface area contributed by atoms with Gasteiger partial charge in [0.2, 0.25) is 0 Å². The smallest absolute Gasteiger partial charge is 0.328 e. The Bertz CT molecular complexity index is 1060. The molecular weight excluding hydrogens is 432 g/mol. The van der Waals surface area contributed by atoms with Crippen LogP contribution in [0.15, 0.2) is 29.1 Å². The van der Waals surface area contributed by atoms with Crippen molar-refractivity contribution in [1.82, 2.24) is 14.5 Å². The third kappa shape index (κ3) is 4.45. The average Bonchev–Trinajstić information content (AvgIpc) is 3.06. The molecule has 2 bridgehead atoms. The number of carboxylic acids is 1. The van der Waals surface area contributed by atoms with E-state index in [-0.39, 0.29) is 17.4 Å². The Morgan fingerprint density at radius 1 is 0.971 bits per heavy atom. The van der Waals surface area contributed by atoms with Crippen molar-refractivity contribution in [2.24, 2.45) is 0 Å². The molecule has 0 radical (unpaired) electrons. The number of aliphatic hydroxyl groups is 1. The van der Waals surface area contributed by atoms with Crippen molar-refractivity contribution in [3.05, 3.63) is 34.6 Å². The zero-order valence-electron chi connectivity index (χ0n) is 19.7. The summed E-state index contributed by atoms with van der Waals surface area (Å²) in [6, 6.07) is 8.01. The van der Waals surface area contributed by atoms with Crippen LogP contribution in [0.3, 0.4) is 0 Å². The number of hydrogen-bond donors (Lipinski definition) is 3. The number of nitrogens with one attached hydrogen (secondary N) is 1. The van der Waals surface area contributed by atoms with Crippen LogP contribution in [-0.4, -0.2) is 61.4 Å². The average molecular weight is 469 g/mol. The predicted octanol–water partition coefficient (Wildman–Crippen LogP) is 3.53. The number of rotatable bonds is 6. The summed E-state index contributed by atoms with van der Waals surface area (Å²) in [5.41, 5.74) is 1.14. The lowest BCUT2D eigenvalue weighted by molar-refractivity contribution is -0.138. The van der Waals surface area contributed by atoms with Crippen molar-refractivity contribution >= 4 is 22.8 Å². The fraction of sp³-hybridized carbons (Fsp3) is 0.654. The standard InChI is InChI=1S/C26H36N4O4/c31-16-22(26(33)34)28-24-25(32)30(23-11-7-6-10-21(23)27-24)20-14-18-12-13-19(15-20)29(18)17-8-4-2-1-3-5-9-17/h6-7,10-11,17-20,22,31H,1-5,8-9,12-16H2,(H,27,28)(H,33,34)/t18?,19?,20?,22-/m0/s1. The number of carbonyl (C=O) groups is 1. The fourth-order valence-corrected chi connectivity index (χ4v) is 6.69. The molecule has 3 N–H and O–H groups in total. The zero-order chi connectivity index (χ0) is 23.7. The molecule has 3 fully saturated rings. The summed E-state index contributed by atoms with van der Waals surface area (Å²) in [5, 5.41) is 21.5. The van der Waals surface area contributed by atoms with Crippen LogP contribution in [0, 0.1) is 0 Å². The van der Waals surface area contributed by atoms with E-state index in [1.807, 2.05) is 28.8 Å². The number of fused-ring (bicyclic) bond motifs is 3. The van der Waals surface area contributed by atoms with Crippen LogP contribution >= 0.6 is 0 Å². The van der Waals surface area contributed by atoms with Gasteiger partial charge in [-0.15, -0.1) is 0 Å². The van der Waals surface area contributed by atoms with Crippen LogP contribution in [-0.2, 0) is 4.79 Å². The van der Waals surface area contributed by atoms with Crippen LogP contribution in [0.1, 0.15) is 76.7 Å². The quantitative estimate of drug-likeness (QED) is 0.595. The second-order valence-corrected chi connectivity index (χ2v) is 10.3. The molecule has 34 heavy (non-hydrogen) atoms. The number of anilines is 1. The van der Waals surface area contributed by atoms with Gasteiger partial charge in [0.25, 0.3) is 5.56 Å². The van der Waals surface area contributed by atoms with E-state index in [0.29, 0.717) is 23.6 Å². The summed E-state index contributed by atoms with van der Waals surface area (Å²) < 4.78 is 1.85. The lowest BCUT2D eigenvalue weighted by atomic mass is 9.89. The van der Waals surface area contributed by atoms with Gasteiger partial charge in [-0.3, -0.25) is 9.69 Å². The number of piperidine rings is 1. The van der Waals surface area contributed by atoms with E-state index in [9.17, 15) is 19.8 Å². The van der Waals surface area contributed by atoms with E-state index in [0.717, 1.165) is 18.4 Å². The van der Waals surface area contributed by atoms with Gasteiger partial charge in [-0.2, -0.15) is 0 Å². The minimum absolute atomic E-state index is 0.00468. The molecule has 3 atom stereocenters. The fourth-order valence-electron chi connectivity index (χ4n) is 6.69. The first-order chi connectivity index (χ1) is 16.6. The molecule has 2 aromatic rings. The first kappa shape index (κ1) is 23.3. The second-order valence-electron chi connectivity index (χ2n) is 10.3. The monoisotopic (exact) mass is 468 g/mol. The van der Waals surface area contributed by atoms with E-state index in [2.05, 4.69) is 15.2 Å². The lowest BCUT2D eigenvalue weighted by Gasteiger charge is -2.45. The zero-order valence-corrected chi connectivity index (χ0v) is 19.7. The molecule has 5 rings (SSSR count). The maximum Gasteiger partial charge on any atom is 0.328 e. The Labute approximate surface area is 200 Å². The van der Waals surface area contributed by atoms with E-state index in [4.69, 9.17) is 0 Å². The highest BCUT2D eigenvalue weighted by Crippen LogP contribution is 2.44. The van der Waals surface area contributed by atoms with Crippen molar-refractivity contribution in [3.63, 3.8) is 0 Å². The van der Waals surface area contributed by atoms with E-state index < -0.39 is 18.6 Å². The van der Waals surface area contributed by atoms with Crippen molar-refractivity contribution in [3.8, 4) is 0 Å². The maximum atomic E-state index is 13.6. The van der Waals surface area contributed by atoms with Crippen molar-refractivity contribution in [2.75, 3.05) is 11.9 Å². The predicted molar refractivity (Wildman–Crippen MR) is 131 cm³/mol. The van der Waals surface area contributed by atoms with Gasteiger partial charge in [0.05, 0.1) is 17.6 Å². The number of aromatic nitrogens is 2. The molecule has 3 heterocycles. The highest BCUT2D eigenvalue weighted by molar-refractivity contribution is 5.79. The molecule has 8 nitrogen and oxygen atoms in total. The number of carboxylic acid groups (broad SMARTS) is 1. The Morgan fingerprint density at radius 3 is 2.26 bits per heavy atom. The molecule has 1 aromatic heterocycles. The van der Waals surface area contributed by atoms with Gasteiger partial charge in [0, 0.05) is 24.2 Å². The summed E-state index contributed by atoms with van der Waals surface area (Å²) in [6.45, 7) is -0.618. The molecule has 1 aromatic carbocycles. The van der Waals surface area contributed by atoms with Gasteiger partial charge in [0.15, 0.2) is 5.82 Å². The highest BCUT2D eigenvalue weighted by Gasteiger charge is 2.44. The van der Waals surface area contributed by atoms with Crippen LogP contribution in [0.25, 0.3) is 11.0 Å². The molecule has 184 valence electrons. The number of aliphatic carboxylic acids is 1. The molecule has 2 saturated heterocycles. The van der Waals surface area contributed by atoms with Crippen molar-refractivity contribution < 1.29 is 15.0 Å². The summed E-state index contributed by atoms with van der Waals surface area (Å²) in [5.74, 6) is -1.22. The van der Waals surface area contributed by atoms with Crippen LogP contribution in [0.5, 0.6) is 0 Å². The first-order valence-corrected chi connectivity index (χ1v) is 13.0. The Kier molecular flexibility index (Phi) is 6.88. The minimum Gasteiger partial charge on any atom is -0.480 e. The molecule has 1 saturated carbocycles. The molecule has 0 amide bonds. The van der Waals surface area contributed by atoms with E-state index in [1.165, 1.54) is 57.8 Å². The van der Waals surface area contributed by atoms with E-state index >= 15 is 0 Å². The SMILES string of the molecule is O=C(O)[C@H](CO)Nc1nc2ccccc2n(C2CC3CCC(C2)N3C2CCCCCCC2)c1=O. The number of hydrogen-bond acceptors (Lipinski definition) is 6. The molecule has 8 heteroatoms. The van der Waals surface area contributed by atoms with Gasteiger partial charge in [-0.1, -0.05) is 44.2 Å². The normalized spacial score (nSPS) is 27.3. The number of aliphatic hydroxyl groups excluding tert-OH is 1. The number of nitrogens with zero attached hydrogens (tertiary/aromatic N) is 3. The summed E-state index contributed by atoms with van der Waals surface area (Å²) in [6.07, 6.45) is 13.5. The molecule has 2 unspecified atom stereocenters. The third-order valence-electron chi connectivity index (χ3n) is 8.21. The molecule has 2 aliphatic heterocycles. The number of para-hydroxylation sites is 2. The van der Waals surface area contributed by atoms with Gasteiger partial charge < -0.3 is 20.1 Å². The van der Waals surface area contributed by atoms with Crippen LogP contribution in [0.4, 0.5) is 5.82 Å².